The van der Waals surface area contributed by atoms with Crippen LogP contribution in [0.15, 0.2) is 66.7 Å². The van der Waals surface area contributed by atoms with E-state index < -0.39 is 4.92 Å². The van der Waals surface area contributed by atoms with Crippen LogP contribution in [0.5, 0.6) is 11.5 Å². The van der Waals surface area contributed by atoms with Crippen molar-refractivity contribution < 1.29 is 28.7 Å². The molecule has 4 rings (SSSR count). The topological polar surface area (TPSA) is 120 Å². The van der Waals surface area contributed by atoms with Crippen molar-refractivity contribution in [1.29, 1.82) is 0 Å². The van der Waals surface area contributed by atoms with Gasteiger partial charge < -0.3 is 24.4 Å². The Morgan fingerprint density at radius 2 is 1.73 bits per heavy atom. The summed E-state index contributed by atoms with van der Waals surface area (Å²) in [4.78, 5) is 35.6. The first-order valence-corrected chi connectivity index (χ1v) is 13.0. The fourth-order valence-corrected chi connectivity index (χ4v) is 4.65. The average Bonchev–Trinajstić information content (AvgIpc) is 2.96. The monoisotopic (exact) mass is 549 g/mol. The van der Waals surface area contributed by atoms with Crippen molar-refractivity contribution in [2.24, 2.45) is 0 Å². The molecule has 0 unspecified atom stereocenters. The number of anilines is 1. The maximum atomic E-state index is 13.8. The molecule has 212 valence electrons. The standard InChI is InChI=1S/C27H29N3O5.C3H6O2/c1-18-12-24(22-15-25(34-2)26(35-3)16-23(22)28-18)29(17-19-8-5-4-6-9-19)27(31)14-20-10-7-11-21(13-20)30(32)33;1-2-5-3-4/h4-11,13,15-16,18,24,28H,12,14,17H2,1-3H3;3H,2H2,1H3/t18-,24+;/m0./s1. The lowest BCUT2D eigenvalue weighted by Crippen LogP contribution is -2.40. The molecule has 0 saturated heterocycles. The summed E-state index contributed by atoms with van der Waals surface area (Å²) in [5, 5.41) is 14.7. The summed E-state index contributed by atoms with van der Waals surface area (Å²) in [7, 11) is 3.19. The van der Waals surface area contributed by atoms with Gasteiger partial charge in [0.2, 0.25) is 5.91 Å². The number of benzene rings is 3. The number of fused-ring (bicyclic) bond motifs is 1. The third kappa shape index (κ3) is 7.72. The molecule has 10 nitrogen and oxygen atoms in total. The van der Waals surface area contributed by atoms with Gasteiger partial charge in [0.15, 0.2) is 11.5 Å². The zero-order valence-corrected chi connectivity index (χ0v) is 23.2. The molecule has 0 spiro atoms. The fourth-order valence-electron chi connectivity index (χ4n) is 4.65. The summed E-state index contributed by atoms with van der Waals surface area (Å²) in [5.41, 5.74) is 3.43. The van der Waals surface area contributed by atoms with Crippen LogP contribution >= 0.6 is 0 Å². The first kappa shape index (κ1) is 29.9. The molecule has 1 amide bonds. The van der Waals surface area contributed by atoms with Crippen LogP contribution < -0.4 is 14.8 Å². The van der Waals surface area contributed by atoms with Gasteiger partial charge in [-0.05, 0) is 37.5 Å². The zero-order chi connectivity index (χ0) is 29.1. The highest BCUT2D eigenvalue weighted by molar-refractivity contribution is 5.80. The lowest BCUT2D eigenvalue weighted by molar-refractivity contribution is -0.384. The van der Waals surface area contributed by atoms with Crippen molar-refractivity contribution in [2.75, 3.05) is 26.1 Å². The van der Waals surface area contributed by atoms with Crippen molar-refractivity contribution in [1.82, 2.24) is 4.90 Å². The molecular formula is C30H35N3O7. The summed E-state index contributed by atoms with van der Waals surface area (Å²) < 4.78 is 15.2. The highest BCUT2D eigenvalue weighted by Crippen LogP contribution is 2.43. The quantitative estimate of drug-likeness (QED) is 0.205. The van der Waals surface area contributed by atoms with Crippen LogP contribution in [-0.4, -0.2) is 49.1 Å². The SMILES string of the molecule is CCOC=O.COc1cc2c(cc1OC)[C@H](N(Cc1ccccc1)C(=O)Cc1cccc([N+](=O)[O-])c1)C[C@H](C)N2. The molecule has 40 heavy (non-hydrogen) atoms. The first-order chi connectivity index (χ1) is 19.3. The van der Waals surface area contributed by atoms with Crippen LogP contribution in [0.25, 0.3) is 0 Å². The highest BCUT2D eigenvalue weighted by Gasteiger charge is 2.33. The van der Waals surface area contributed by atoms with Gasteiger partial charge in [0.1, 0.15) is 0 Å². The number of non-ortho nitro benzene ring substituents is 1. The third-order valence-corrected chi connectivity index (χ3v) is 6.50. The summed E-state index contributed by atoms with van der Waals surface area (Å²) in [5.74, 6) is 1.11. The van der Waals surface area contributed by atoms with E-state index in [1.54, 1.807) is 33.3 Å². The van der Waals surface area contributed by atoms with Crippen LogP contribution in [0, 0.1) is 10.1 Å². The lowest BCUT2D eigenvalue weighted by Gasteiger charge is -2.39. The Labute approximate surface area is 234 Å². The van der Waals surface area contributed by atoms with E-state index in [4.69, 9.17) is 9.47 Å². The molecule has 1 heterocycles. The number of nitro groups is 1. The lowest BCUT2D eigenvalue weighted by atomic mass is 9.91. The van der Waals surface area contributed by atoms with Crippen LogP contribution in [0.4, 0.5) is 11.4 Å². The van der Waals surface area contributed by atoms with Gasteiger partial charge in [-0.15, -0.1) is 0 Å². The molecule has 0 saturated carbocycles. The Kier molecular flexibility index (Phi) is 10.9. The number of ether oxygens (including phenoxy) is 3. The number of amides is 1. The van der Waals surface area contributed by atoms with Gasteiger partial charge in [0.05, 0.1) is 38.2 Å². The van der Waals surface area contributed by atoms with E-state index in [1.807, 2.05) is 47.4 Å². The molecule has 0 aliphatic carbocycles. The number of rotatable bonds is 10. The smallest absolute Gasteiger partial charge is 0.293 e. The first-order valence-electron chi connectivity index (χ1n) is 13.0. The molecule has 0 bridgehead atoms. The Morgan fingerprint density at radius 1 is 1.05 bits per heavy atom. The molecule has 3 aromatic carbocycles. The average molecular weight is 550 g/mol. The van der Waals surface area contributed by atoms with Crippen molar-refractivity contribution in [3.63, 3.8) is 0 Å². The van der Waals surface area contributed by atoms with E-state index in [2.05, 4.69) is 17.0 Å². The van der Waals surface area contributed by atoms with Crippen LogP contribution in [0.3, 0.4) is 0 Å². The molecule has 1 N–H and O–H groups in total. The number of hydrogen-bond acceptors (Lipinski definition) is 8. The van der Waals surface area contributed by atoms with Gasteiger partial charge >= 0.3 is 0 Å². The largest absolute Gasteiger partial charge is 0.493 e. The molecule has 1 aliphatic rings. The summed E-state index contributed by atoms with van der Waals surface area (Å²) >= 11 is 0. The van der Waals surface area contributed by atoms with Gasteiger partial charge in [0.25, 0.3) is 12.2 Å². The maximum Gasteiger partial charge on any atom is 0.293 e. The predicted octanol–water partition coefficient (Wildman–Crippen LogP) is 5.31. The zero-order valence-electron chi connectivity index (χ0n) is 23.2. The van der Waals surface area contributed by atoms with E-state index in [-0.39, 0.29) is 30.1 Å². The van der Waals surface area contributed by atoms with Crippen LogP contribution in [0.1, 0.15) is 43.0 Å². The molecule has 0 radical (unpaired) electrons. The minimum atomic E-state index is -0.444. The van der Waals surface area contributed by atoms with Gasteiger partial charge in [-0.1, -0.05) is 42.5 Å². The number of nitrogens with zero attached hydrogens (tertiary/aromatic N) is 2. The molecule has 2 atom stereocenters. The predicted molar refractivity (Wildman–Crippen MR) is 151 cm³/mol. The van der Waals surface area contributed by atoms with E-state index in [1.165, 1.54) is 12.1 Å². The third-order valence-electron chi connectivity index (χ3n) is 6.50. The maximum absolute atomic E-state index is 13.8. The minimum Gasteiger partial charge on any atom is -0.493 e. The van der Waals surface area contributed by atoms with Gasteiger partial charge in [-0.2, -0.15) is 0 Å². The Bertz CT molecular complexity index is 1300. The number of nitrogens with one attached hydrogen (secondary N) is 1. The molecule has 0 aromatic heterocycles. The highest BCUT2D eigenvalue weighted by atomic mass is 16.6. The van der Waals surface area contributed by atoms with Crippen molar-refractivity contribution in [3.05, 3.63) is 93.5 Å². The van der Waals surface area contributed by atoms with Crippen molar-refractivity contribution >= 4 is 23.8 Å². The number of carbonyl (C=O) groups is 2. The second kappa shape index (κ2) is 14.5. The molecule has 10 heteroatoms. The number of methoxy groups -OCH3 is 2. The number of nitro benzene ring substituents is 1. The van der Waals surface area contributed by atoms with Gasteiger partial charge in [0, 0.05) is 42.0 Å². The number of hydrogen-bond donors (Lipinski definition) is 1. The Hall–Kier alpha value is -4.60. The number of carbonyl (C=O) groups excluding carboxylic acids is 2. The van der Waals surface area contributed by atoms with E-state index in [0.717, 1.165) is 16.8 Å². The summed E-state index contributed by atoms with van der Waals surface area (Å²) in [6.45, 7) is 5.16. The van der Waals surface area contributed by atoms with Crippen LogP contribution in [0.2, 0.25) is 0 Å². The van der Waals surface area contributed by atoms with Gasteiger partial charge in [-0.3, -0.25) is 19.7 Å². The Balaban J connectivity index is 0.000000810. The normalized spacial score (nSPS) is 15.3. The second-order valence-electron chi connectivity index (χ2n) is 9.25. The Morgan fingerprint density at radius 3 is 2.33 bits per heavy atom. The second-order valence-corrected chi connectivity index (χ2v) is 9.25. The van der Waals surface area contributed by atoms with Crippen LogP contribution in [-0.2, 0) is 27.3 Å². The minimum absolute atomic E-state index is 0.0254. The fraction of sp³-hybridized carbons (Fsp3) is 0.333. The van der Waals surface area contributed by atoms with E-state index in [0.29, 0.717) is 43.1 Å². The molecule has 0 fully saturated rings. The van der Waals surface area contributed by atoms with Gasteiger partial charge in [-0.25, -0.2) is 0 Å². The van der Waals surface area contributed by atoms with E-state index in [9.17, 15) is 19.7 Å². The molecule has 1 aliphatic heterocycles. The van der Waals surface area contributed by atoms with E-state index >= 15 is 0 Å². The summed E-state index contributed by atoms with van der Waals surface area (Å²) in [6, 6.07) is 19.8. The summed E-state index contributed by atoms with van der Waals surface area (Å²) in [6.07, 6.45) is 0.769. The molecular weight excluding hydrogens is 514 g/mol. The molecule has 3 aromatic rings. The van der Waals surface area contributed by atoms with Crippen molar-refractivity contribution in [3.8, 4) is 11.5 Å². The van der Waals surface area contributed by atoms with Crippen molar-refractivity contribution in [2.45, 2.75) is 45.3 Å².